The van der Waals surface area contributed by atoms with Gasteiger partial charge in [-0.2, -0.15) is 0 Å². The molecule has 1 saturated heterocycles. The number of piperidine rings is 1. The zero-order chi connectivity index (χ0) is 12.4. The summed E-state index contributed by atoms with van der Waals surface area (Å²) in [5, 5.41) is 3.51. The smallest absolute Gasteiger partial charge is 0.0951 e. The summed E-state index contributed by atoms with van der Waals surface area (Å²) in [6, 6.07) is 1.44. The minimum atomic E-state index is 0.700. The fraction of sp³-hybridized carbons (Fsp3) is 0.786. The normalized spacial score (nSPS) is 24.7. The average Bonchev–Trinajstić information content (AvgIpc) is 3.17. The minimum absolute atomic E-state index is 0.700. The lowest BCUT2D eigenvalue weighted by molar-refractivity contribution is 0.162. The minimum Gasteiger partial charge on any atom is -0.330 e. The zero-order valence-corrected chi connectivity index (χ0v) is 11.3. The van der Waals surface area contributed by atoms with Gasteiger partial charge in [0, 0.05) is 31.4 Å². The van der Waals surface area contributed by atoms with Gasteiger partial charge in [0.15, 0.2) is 0 Å². The Morgan fingerprint density at radius 1 is 1.44 bits per heavy atom. The molecule has 2 heterocycles. The van der Waals surface area contributed by atoms with Gasteiger partial charge in [-0.1, -0.05) is 6.92 Å². The molecule has 1 unspecified atom stereocenters. The average molecular weight is 248 g/mol. The van der Waals surface area contributed by atoms with Crippen LogP contribution in [-0.4, -0.2) is 40.1 Å². The van der Waals surface area contributed by atoms with Crippen LogP contribution in [0.3, 0.4) is 0 Å². The number of nitrogens with zero attached hydrogens (tertiary/aromatic N) is 3. The molecule has 1 aromatic heterocycles. The molecule has 0 aromatic carbocycles. The highest BCUT2D eigenvalue weighted by Crippen LogP contribution is 2.35. The van der Waals surface area contributed by atoms with Crippen LogP contribution in [0.4, 0.5) is 0 Å². The molecule has 0 bridgehead atoms. The predicted molar refractivity (Wildman–Crippen MR) is 72.5 cm³/mol. The maximum Gasteiger partial charge on any atom is 0.0951 e. The molecule has 0 amide bonds. The Balaban J connectivity index is 1.66. The predicted octanol–water partition coefficient (Wildman–Crippen LogP) is 1.79. The maximum absolute atomic E-state index is 4.34. The zero-order valence-electron chi connectivity index (χ0n) is 11.3. The van der Waals surface area contributed by atoms with E-state index in [9.17, 15) is 0 Å². The van der Waals surface area contributed by atoms with Crippen LogP contribution in [0.2, 0.25) is 0 Å². The molecule has 1 N–H and O–H groups in total. The fourth-order valence-corrected chi connectivity index (χ4v) is 2.99. The van der Waals surface area contributed by atoms with Crippen LogP contribution in [-0.2, 0) is 6.54 Å². The second kappa shape index (κ2) is 5.41. The molecular weight excluding hydrogens is 224 g/mol. The van der Waals surface area contributed by atoms with Gasteiger partial charge in [-0.05, 0) is 38.8 Å². The van der Waals surface area contributed by atoms with Gasteiger partial charge in [-0.3, -0.25) is 4.90 Å². The van der Waals surface area contributed by atoms with Crippen LogP contribution >= 0.6 is 0 Å². The van der Waals surface area contributed by atoms with E-state index in [-0.39, 0.29) is 0 Å². The lowest BCUT2D eigenvalue weighted by Crippen LogP contribution is -2.45. The molecule has 3 rings (SSSR count). The van der Waals surface area contributed by atoms with Crippen LogP contribution in [0.1, 0.15) is 44.3 Å². The van der Waals surface area contributed by atoms with Crippen LogP contribution in [0.5, 0.6) is 0 Å². The van der Waals surface area contributed by atoms with Gasteiger partial charge in [0.05, 0.1) is 12.0 Å². The summed E-state index contributed by atoms with van der Waals surface area (Å²) < 4.78 is 2.39. The number of hydrogen-bond donors (Lipinski definition) is 1. The molecule has 0 radical (unpaired) electrons. The van der Waals surface area contributed by atoms with Crippen LogP contribution < -0.4 is 5.32 Å². The van der Waals surface area contributed by atoms with Gasteiger partial charge in [-0.25, -0.2) is 4.98 Å². The lowest BCUT2D eigenvalue weighted by atomic mass is 10.1. The van der Waals surface area contributed by atoms with E-state index in [4.69, 9.17) is 0 Å². The largest absolute Gasteiger partial charge is 0.330 e. The number of hydrogen-bond acceptors (Lipinski definition) is 3. The highest BCUT2D eigenvalue weighted by molar-refractivity contribution is 5.04. The first-order chi connectivity index (χ1) is 8.88. The quantitative estimate of drug-likeness (QED) is 0.862. The molecule has 100 valence electrons. The molecule has 1 atom stereocenters. The van der Waals surface area contributed by atoms with Gasteiger partial charge in [-0.15, -0.1) is 0 Å². The van der Waals surface area contributed by atoms with Crippen molar-refractivity contribution in [3.05, 3.63) is 18.2 Å². The molecule has 1 aliphatic carbocycles. The molecule has 1 aliphatic heterocycles. The van der Waals surface area contributed by atoms with Crippen molar-refractivity contribution in [3.63, 3.8) is 0 Å². The second-order valence-corrected chi connectivity index (χ2v) is 5.59. The SMILES string of the molecule is CCN(Cc1cncn1C1CC1)C1CCCNC1. The number of nitrogens with one attached hydrogen (secondary N) is 1. The van der Waals surface area contributed by atoms with E-state index < -0.39 is 0 Å². The Kier molecular flexibility index (Phi) is 3.66. The third kappa shape index (κ3) is 2.59. The lowest BCUT2D eigenvalue weighted by Gasteiger charge is -2.34. The van der Waals surface area contributed by atoms with Gasteiger partial charge in [0.1, 0.15) is 0 Å². The summed E-state index contributed by atoms with van der Waals surface area (Å²) in [7, 11) is 0. The first-order valence-electron chi connectivity index (χ1n) is 7.34. The molecule has 4 nitrogen and oxygen atoms in total. The van der Waals surface area contributed by atoms with E-state index in [0.717, 1.165) is 25.7 Å². The maximum atomic E-state index is 4.34. The van der Waals surface area contributed by atoms with E-state index in [2.05, 4.69) is 32.9 Å². The van der Waals surface area contributed by atoms with Gasteiger partial charge in [0.2, 0.25) is 0 Å². The van der Waals surface area contributed by atoms with E-state index in [0.29, 0.717) is 6.04 Å². The molecular formula is C14H24N4. The van der Waals surface area contributed by atoms with Crippen molar-refractivity contribution in [2.24, 2.45) is 0 Å². The second-order valence-electron chi connectivity index (χ2n) is 5.59. The summed E-state index contributed by atoms with van der Waals surface area (Å²) in [5.41, 5.74) is 1.39. The molecule has 0 spiro atoms. The van der Waals surface area contributed by atoms with Gasteiger partial charge >= 0.3 is 0 Å². The standard InChI is InChI=1S/C14H24N4/c1-2-17(13-4-3-7-15-8-13)10-14-9-16-11-18(14)12-5-6-12/h9,11-13,15H,2-8,10H2,1H3. The van der Waals surface area contributed by atoms with Gasteiger partial charge < -0.3 is 9.88 Å². The first kappa shape index (κ1) is 12.2. The van der Waals surface area contributed by atoms with Crippen LogP contribution in [0.15, 0.2) is 12.5 Å². The Hall–Kier alpha value is -0.870. The monoisotopic (exact) mass is 248 g/mol. The van der Waals surface area contributed by atoms with Gasteiger partial charge in [0.25, 0.3) is 0 Å². The van der Waals surface area contributed by atoms with Crippen molar-refractivity contribution < 1.29 is 0 Å². The molecule has 18 heavy (non-hydrogen) atoms. The highest BCUT2D eigenvalue weighted by atomic mass is 15.2. The molecule has 4 heteroatoms. The summed E-state index contributed by atoms with van der Waals surface area (Å²) in [5.74, 6) is 0. The van der Waals surface area contributed by atoms with Crippen molar-refractivity contribution in [3.8, 4) is 0 Å². The van der Waals surface area contributed by atoms with E-state index in [1.54, 1.807) is 0 Å². The molecule has 2 fully saturated rings. The van der Waals surface area contributed by atoms with E-state index in [1.165, 1.54) is 37.9 Å². The fourth-order valence-electron chi connectivity index (χ4n) is 2.99. The van der Waals surface area contributed by atoms with Crippen molar-refractivity contribution in [1.82, 2.24) is 19.8 Å². The highest BCUT2D eigenvalue weighted by Gasteiger charge is 2.27. The Labute approximate surface area is 109 Å². The summed E-state index contributed by atoms with van der Waals surface area (Å²) in [6.45, 7) is 6.79. The first-order valence-corrected chi connectivity index (χ1v) is 7.34. The Bertz CT molecular complexity index is 377. The molecule has 1 saturated carbocycles. The number of imidazole rings is 1. The van der Waals surface area contributed by atoms with Crippen LogP contribution in [0.25, 0.3) is 0 Å². The summed E-state index contributed by atoms with van der Waals surface area (Å²) in [6.07, 6.45) is 9.37. The third-order valence-electron chi connectivity index (χ3n) is 4.25. The number of likely N-dealkylation sites (N-methyl/N-ethyl adjacent to an activating group) is 1. The Morgan fingerprint density at radius 2 is 2.33 bits per heavy atom. The summed E-state index contributed by atoms with van der Waals surface area (Å²) in [4.78, 5) is 6.94. The summed E-state index contributed by atoms with van der Waals surface area (Å²) >= 11 is 0. The van der Waals surface area contributed by atoms with Crippen molar-refractivity contribution >= 4 is 0 Å². The van der Waals surface area contributed by atoms with E-state index in [1.807, 2.05) is 6.33 Å². The molecule has 2 aliphatic rings. The molecule has 1 aromatic rings. The number of rotatable bonds is 5. The van der Waals surface area contributed by atoms with Crippen molar-refractivity contribution in [2.45, 2.75) is 51.2 Å². The number of aromatic nitrogens is 2. The Morgan fingerprint density at radius 3 is 3.00 bits per heavy atom. The third-order valence-corrected chi connectivity index (χ3v) is 4.25. The van der Waals surface area contributed by atoms with E-state index >= 15 is 0 Å². The van der Waals surface area contributed by atoms with Crippen molar-refractivity contribution in [1.29, 1.82) is 0 Å². The van der Waals surface area contributed by atoms with Crippen LogP contribution in [0, 0.1) is 0 Å². The van der Waals surface area contributed by atoms with Crippen molar-refractivity contribution in [2.75, 3.05) is 19.6 Å². The topological polar surface area (TPSA) is 33.1 Å².